The Kier molecular flexibility index (Phi) is 6.25. The van der Waals surface area contributed by atoms with Crippen molar-refractivity contribution >= 4 is 0 Å². The van der Waals surface area contributed by atoms with Crippen LogP contribution in [-0.2, 0) is 13.1 Å². The first-order chi connectivity index (χ1) is 14.3. The fourth-order valence-electron chi connectivity index (χ4n) is 3.79. The van der Waals surface area contributed by atoms with Gasteiger partial charge in [0.05, 0.1) is 25.1 Å². The van der Waals surface area contributed by atoms with Gasteiger partial charge in [-0.15, -0.1) is 10.2 Å². The highest BCUT2D eigenvalue weighted by atomic mass is 15.6. The number of nitrogens with zero attached hydrogens (tertiary/aromatic N) is 7. The van der Waals surface area contributed by atoms with Crippen LogP contribution in [0.5, 0.6) is 0 Å². The molecule has 29 heavy (non-hydrogen) atoms. The van der Waals surface area contributed by atoms with Crippen molar-refractivity contribution in [1.29, 1.82) is 5.26 Å². The lowest BCUT2D eigenvalue weighted by atomic mass is 10.0. The molecule has 4 rings (SSSR count). The minimum atomic E-state index is -0.0223. The second-order valence-corrected chi connectivity index (χ2v) is 7.26. The fraction of sp³-hybridized carbons (Fsp3) is 0.364. The number of benzene rings is 2. The van der Waals surface area contributed by atoms with E-state index in [1.165, 1.54) is 15.9 Å². The molecule has 0 N–H and O–H groups in total. The molecule has 1 saturated heterocycles. The number of aryl methyl sites for hydroxylation is 1. The highest BCUT2D eigenvalue weighted by molar-refractivity contribution is 5.24. The van der Waals surface area contributed by atoms with Gasteiger partial charge in [-0.05, 0) is 16.3 Å². The number of tetrazole rings is 1. The SMILES string of the molecule is N#CCCn1nnc(C(c2ccccc2)N2CCN(Cc3ccccc3)CC2)n1. The molecule has 2 aromatic carbocycles. The molecule has 1 aliphatic rings. The van der Waals surface area contributed by atoms with Gasteiger partial charge in [-0.3, -0.25) is 9.80 Å². The summed E-state index contributed by atoms with van der Waals surface area (Å²) in [5.74, 6) is 0.700. The van der Waals surface area contributed by atoms with Gasteiger partial charge in [0, 0.05) is 32.7 Å². The number of hydrogen-bond acceptors (Lipinski definition) is 6. The molecule has 1 atom stereocenters. The number of rotatable bonds is 7. The average molecular weight is 387 g/mol. The minimum Gasteiger partial charge on any atom is -0.297 e. The maximum absolute atomic E-state index is 8.80. The molecule has 7 heteroatoms. The lowest BCUT2D eigenvalue weighted by Crippen LogP contribution is -2.47. The maximum atomic E-state index is 8.80. The monoisotopic (exact) mass is 387 g/mol. The number of aromatic nitrogens is 4. The molecule has 0 saturated carbocycles. The summed E-state index contributed by atoms with van der Waals surface area (Å²) in [5.41, 5.74) is 2.52. The molecule has 3 aromatic rings. The number of piperazine rings is 1. The van der Waals surface area contributed by atoms with Gasteiger partial charge in [-0.1, -0.05) is 60.7 Å². The fourth-order valence-corrected chi connectivity index (χ4v) is 3.79. The van der Waals surface area contributed by atoms with Gasteiger partial charge in [0.15, 0.2) is 5.82 Å². The van der Waals surface area contributed by atoms with Crippen LogP contribution < -0.4 is 0 Å². The topological polar surface area (TPSA) is 73.9 Å². The third-order valence-corrected chi connectivity index (χ3v) is 5.27. The van der Waals surface area contributed by atoms with Crippen molar-refractivity contribution in [2.24, 2.45) is 0 Å². The van der Waals surface area contributed by atoms with Crippen LogP contribution in [0.3, 0.4) is 0 Å². The zero-order valence-corrected chi connectivity index (χ0v) is 16.4. The Morgan fingerprint density at radius 1 is 0.931 bits per heavy atom. The van der Waals surface area contributed by atoms with Gasteiger partial charge >= 0.3 is 0 Å². The molecular weight excluding hydrogens is 362 g/mol. The lowest BCUT2D eigenvalue weighted by molar-refractivity contribution is 0.102. The van der Waals surface area contributed by atoms with Crippen LogP contribution in [0.1, 0.15) is 29.4 Å². The zero-order valence-electron chi connectivity index (χ0n) is 16.4. The van der Waals surface area contributed by atoms with E-state index >= 15 is 0 Å². The molecule has 148 valence electrons. The summed E-state index contributed by atoms with van der Waals surface area (Å²) in [5, 5.41) is 21.9. The predicted octanol–water partition coefficient (Wildman–Crippen LogP) is 2.49. The van der Waals surface area contributed by atoms with E-state index in [1.807, 2.05) is 18.2 Å². The number of nitriles is 1. The second-order valence-electron chi connectivity index (χ2n) is 7.26. The molecule has 1 unspecified atom stereocenters. The van der Waals surface area contributed by atoms with Crippen molar-refractivity contribution in [2.45, 2.75) is 25.6 Å². The van der Waals surface area contributed by atoms with Gasteiger partial charge in [-0.2, -0.15) is 10.1 Å². The molecule has 0 aliphatic carbocycles. The van der Waals surface area contributed by atoms with Crippen molar-refractivity contribution in [3.8, 4) is 6.07 Å². The summed E-state index contributed by atoms with van der Waals surface area (Å²) in [4.78, 5) is 6.45. The van der Waals surface area contributed by atoms with Crippen LogP contribution in [-0.4, -0.2) is 56.2 Å². The van der Waals surface area contributed by atoms with E-state index in [2.05, 4.69) is 73.7 Å². The summed E-state index contributed by atoms with van der Waals surface area (Å²) in [7, 11) is 0. The molecule has 0 spiro atoms. The van der Waals surface area contributed by atoms with Crippen LogP contribution in [0.25, 0.3) is 0 Å². The maximum Gasteiger partial charge on any atom is 0.196 e. The average Bonchev–Trinajstić information content (AvgIpc) is 3.23. The van der Waals surface area contributed by atoms with Crippen molar-refractivity contribution in [3.05, 3.63) is 77.6 Å². The first kappa shape index (κ1) is 19.2. The summed E-state index contributed by atoms with van der Waals surface area (Å²) < 4.78 is 0. The number of hydrogen-bond donors (Lipinski definition) is 0. The van der Waals surface area contributed by atoms with Crippen molar-refractivity contribution in [1.82, 2.24) is 30.0 Å². The Balaban J connectivity index is 1.48. The van der Waals surface area contributed by atoms with Gasteiger partial charge in [0.25, 0.3) is 0 Å². The smallest absolute Gasteiger partial charge is 0.196 e. The van der Waals surface area contributed by atoms with E-state index in [0.29, 0.717) is 18.8 Å². The minimum absolute atomic E-state index is 0.0223. The largest absolute Gasteiger partial charge is 0.297 e. The molecule has 0 radical (unpaired) electrons. The first-order valence-electron chi connectivity index (χ1n) is 10.0. The Hall–Kier alpha value is -3.08. The molecule has 0 bridgehead atoms. The Morgan fingerprint density at radius 2 is 1.62 bits per heavy atom. The highest BCUT2D eigenvalue weighted by Crippen LogP contribution is 2.27. The Labute approximate surface area is 171 Å². The van der Waals surface area contributed by atoms with Crippen LogP contribution in [0, 0.1) is 11.3 Å². The molecule has 0 amide bonds. The molecule has 7 nitrogen and oxygen atoms in total. The Morgan fingerprint density at radius 3 is 2.31 bits per heavy atom. The molecule has 2 heterocycles. The van der Waals surface area contributed by atoms with Crippen molar-refractivity contribution in [2.75, 3.05) is 26.2 Å². The van der Waals surface area contributed by atoms with Crippen molar-refractivity contribution in [3.63, 3.8) is 0 Å². The van der Waals surface area contributed by atoms with Gasteiger partial charge < -0.3 is 0 Å². The van der Waals surface area contributed by atoms with Gasteiger partial charge in [-0.25, -0.2) is 0 Å². The zero-order chi connectivity index (χ0) is 19.9. The highest BCUT2D eigenvalue weighted by Gasteiger charge is 2.29. The van der Waals surface area contributed by atoms with Crippen LogP contribution in [0.15, 0.2) is 60.7 Å². The molecule has 1 aromatic heterocycles. The summed E-state index contributed by atoms with van der Waals surface area (Å²) in [6.07, 6.45) is 0.379. The molecule has 1 aliphatic heterocycles. The van der Waals surface area contributed by atoms with E-state index < -0.39 is 0 Å². The standard InChI is InChI=1S/C22H25N7/c23-12-7-13-29-25-22(24-26-29)21(20-10-5-2-6-11-20)28-16-14-27(15-17-28)18-19-8-3-1-4-9-19/h1-6,8-11,21H,7,13-18H2. The van der Waals surface area contributed by atoms with E-state index in [9.17, 15) is 0 Å². The Bertz CT molecular complexity index is 925. The van der Waals surface area contributed by atoms with E-state index in [4.69, 9.17) is 5.26 Å². The second kappa shape index (κ2) is 9.41. The van der Waals surface area contributed by atoms with Crippen molar-refractivity contribution < 1.29 is 0 Å². The summed E-state index contributed by atoms with van der Waals surface area (Å²) in [6.45, 7) is 5.34. The van der Waals surface area contributed by atoms with E-state index in [0.717, 1.165) is 32.7 Å². The third-order valence-electron chi connectivity index (χ3n) is 5.27. The quantitative estimate of drug-likeness (QED) is 0.620. The first-order valence-corrected chi connectivity index (χ1v) is 10.0. The molecular formula is C22H25N7. The third kappa shape index (κ3) is 4.86. The van der Waals surface area contributed by atoms with Crippen LogP contribution >= 0.6 is 0 Å². The normalized spacial score (nSPS) is 16.4. The van der Waals surface area contributed by atoms with E-state index in [1.54, 1.807) is 0 Å². The van der Waals surface area contributed by atoms with Gasteiger partial charge in [0.2, 0.25) is 0 Å². The van der Waals surface area contributed by atoms with E-state index in [-0.39, 0.29) is 6.04 Å². The summed E-state index contributed by atoms with van der Waals surface area (Å²) in [6, 6.07) is 23.1. The van der Waals surface area contributed by atoms with Crippen LogP contribution in [0.4, 0.5) is 0 Å². The lowest BCUT2D eigenvalue weighted by Gasteiger charge is -2.38. The summed E-state index contributed by atoms with van der Waals surface area (Å²) >= 11 is 0. The molecule has 1 fully saturated rings. The van der Waals surface area contributed by atoms with Gasteiger partial charge in [0.1, 0.15) is 0 Å². The predicted molar refractivity (Wildman–Crippen MR) is 110 cm³/mol. The van der Waals surface area contributed by atoms with Crippen LogP contribution in [0.2, 0.25) is 0 Å².